The molecule has 0 fully saturated rings. The van der Waals surface area contributed by atoms with Crippen molar-refractivity contribution in [3.05, 3.63) is 10.1 Å². The molecule has 0 aliphatic heterocycles. The molecule has 6 heteroatoms. The van der Waals surface area contributed by atoms with E-state index in [1.807, 2.05) is 0 Å². The van der Waals surface area contributed by atoms with Crippen LogP contribution in [0.25, 0.3) is 0 Å². The third-order valence-electron chi connectivity index (χ3n) is 3.49. The molecular formula is C16H33NO5. The van der Waals surface area contributed by atoms with Gasteiger partial charge in [0.25, 0.3) is 5.09 Å². The van der Waals surface area contributed by atoms with Crippen molar-refractivity contribution in [1.29, 1.82) is 0 Å². The molecule has 0 bridgehead atoms. The molecule has 0 spiro atoms. The lowest BCUT2D eigenvalue weighted by Crippen LogP contribution is -1.93. The highest BCUT2D eigenvalue weighted by Crippen LogP contribution is 2.12. The number of carboxylic acid groups (broad SMARTS) is 1. The second kappa shape index (κ2) is 19.7. The van der Waals surface area contributed by atoms with Gasteiger partial charge in [-0.1, -0.05) is 84.0 Å². The van der Waals surface area contributed by atoms with Gasteiger partial charge in [-0.25, -0.2) is 0 Å². The number of carboxylic acids is 1. The maximum absolute atomic E-state index is 10.3. The summed E-state index contributed by atoms with van der Waals surface area (Å²) in [6.45, 7) is 2.26. The number of unbranched alkanes of at least 4 members (excludes halogenated alkanes) is 12. The number of rotatable bonds is 14. The molecule has 0 heterocycles. The molecular weight excluding hydrogens is 286 g/mol. The van der Waals surface area contributed by atoms with Crippen molar-refractivity contribution in [3.8, 4) is 0 Å². The average Bonchev–Trinajstić information content (AvgIpc) is 2.43. The first-order valence-electron chi connectivity index (χ1n) is 8.55. The molecule has 0 aromatic carbocycles. The van der Waals surface area contributed by atoms with Gasteiger partial charge in [0.2, 0.25) is 0 Å². The van der Waals surface area contributed by atoms with Crippen LogP contribution in [0, 0.1) is 10.1 Å². The van der Waals surface area contributed by atoms with Crippen LogP contribution < -0.4 is 0 Å². The minimum atomic E-state index is -1.50. The highest BCUT2D eigenvalue weighted by atomic mass is 16.9. The minimum absolute atomic E-state index is 0.345. The summed E-state index contributed by atoms with van der Waals surface area (Å²) in [5.74, 6) is -0.655. The Bertz CT molecular complexity index is 255. The summed E-state index contributed by atoms with van der Waals surface area (Å²) in [7, 11) is 0. The fourth-order valence-corrected chi connectivity index (χ4v) is 2.29. The van der Waals surface area contributed by atoms with Crippen LogP contribution in [0.15, 0.2) is 0 Å². The molecule has 0 saturated carbocycles. The van der Waals surface area contributed by atoms with Crippen LogP contribution in [-0.4, -0.2) is 21.4 Å². The van der Waals surface area contributed by atoms with Crippen LogP contribution >= 0.6 is 0 Å². The van der Waals surface area contributed by atoms with Crippen LogP contribution in [0.5, 0.6) is 0 Å². The zero-order chi connectivity index (χ0) is 17.1. The average molecular weight is 319 g/mol. The zero-order valence-electron chi connectivity index (χ0n) is 14.0. The van der Waals surface area contributed by atoms with E-state index in [1.54, 1.807) is 0 Å². The van der Waals surface area contributed by atoms with Crippen LogP contribution in [0.1, 0.15) is 96.8 Å². The van der Waals surface area contributed by atoms with E-state index >= 15 is 0 Å². The lowest BCUT2D eigenvalue weighted by Gasteiger charge is -2.02. The van der Waals surface area contributed by atoms with Gasteiger partial charge in [-0.3, -0.25) is 4.79 Å². The first kappa shape index (κ1) is 22.9. The van der Waals surface area contributed by atoms with Crippen molar-refractivity contribution < 1.29 is 20.2 Å². The summed E-state index contributed by atoms with van der Waals surface area (Å²) in [5, 5.41) is 22.1. The van der Waals surface area contributed by atoms with Crippen LogP contribution in [0.2, 0.25) is 0 Å². The second-order valence-corrected chi connectivity index (χ2v) is 5.62. The predicted octanol–water partition coefficient (Wildman–Crippen LogP) is 5.20. The van der Waals surface area contributed by atoms with Crippen molar-refractivity contribution >= 4 is 5.97 Å². The molecule has 0 aliphatic rings. The van der Waals surface area contributed by atoms with E-state index in [0.717, 1.165) is 12.8 Å². The Labute approximate surface area is 134 Å². The molecule has 0 aliphatic carbocycles. The van der Waals surface area contributed by atoms with E-state index in [1.165, 1.54) is 70.6 Å². The number of hydrogen-bond donors (Lipinski definition) is 2. The highest BCUT2D eigenvalue weighted by molar-refractivity contribution is 5.66. The summed E-state index contributed by atoms with van der Waals surface area (Å²) in [5.41, 5.74) is 0. The smallest absolute Gasteiger partial charge is 0.303 e. The van der Waals surface area contributed by atoms with Gasteiger partial charge >= 0.3 is 5.97 Å². The van der Waals surface area contributed by atoms with E-state index in [4.69, 9.17) is 20.4 Å². The maximum Gasteiger partial charge on any atom is 0.303 e. The lowest BCUT2D eigenvalue weighted by molar-refractivity contribution is -0.742. The first-order valence-corrected chi connectivity index (χ1v) is 8.55. The van der Waals surface area contributed by atoms with E-state index in [9.17, 15) is 4.79 Å². The van der Waals surface area contributed by atoms with Crippen molar-refractivity contribution in [2.45, 2.75) is 96.8 Å². The van der Waals surface area contributed by atoms with Crippen molar-refractivity contribution in [2.24, 2.45) is 0 Å². The zero-order valence-corrected chi connectivity index (χ0v) is 14.0. The Kier molecular flexibility index (Phi) is 20.5. The summed E-state index contributed by atoms with van der Waals surface area (Å²) < 4.78 is 0. The topological polar surface area (TPSA) is 101 Å². The Hall–Kier alpha value is -1.33. The number of nitrogens with zero attached hydrogens (tertiary/aromatic N) is 1. The fraction of sp³-hybridized carbons (Fsp3) is 0.938. The molecule has 0 unspecified atom stereocenters. The third kappa shape index (κ3) is 31.2. The van der Waals surface area contributed by atoms with Gasteiger partial charge in [0.05, 0.1) is 0 Å². The number of hydrogen-bond acceptors (Lipinski definition) is 3. The van der Waals surface area contributed by atoms with Gasteiger partial charge < -0.3 is 10.3 Å². The van der Waals surface area contributed by atoms with Crippen molar-refractivity contribution in [3.63, 3.8) is 0 Å². The van der Waals surface area contributed by atoms with E-state index < -0.39 is 11.1 Å². The molecule has 0 aromatic heterocycles. The van der Waals surface area contributed by atoms with Gasteiger partial charge in [0, 0.05) is 6.42 Å². The van der Waals surface area contributed by atoms with Gasteiger partial charge in [-0.15, -0.1) is 10.1 Å². The normalized spacial score (nSPS) is 9.86. The SMILES string of the molecule is CCCCCCCCCCCCCCCC(=O)O.O=[N+]([O-])O. The van der Waals surface area contributed by atoms with Gasteiger partial charge in [-0.2, -0.15) is 0 Å². The monoisotopic (exact) mass is 319 g/mol. The molecule has 0 saturated heterocycles. The summed E-state index contributed by atoms with van der Waals surface area (Å²) in [4.78, 5) is 18.7. The lowest BCUT2D eigenvalue weighted by atomic mass is 10.0. The molecule has 2 N–H and O–H groups in total. The first-order chi connectivity index (χ1) is 10.5. The van der Waals surface area contributed by atoms with Gasteiger partial charge in [-0.05, 0) is 6.42 Å². The third-order valence-corrected chi connectivity index (χ3v) is 3.49. The maximum atomic E-state index is 10.3. The van der Waals surface area contributed by atoms with Gasteiger partial charge in [0.15, 0.2) is 0 Å². The largest absolute Gasteiger partial charge is 0.481 e. The molecule has 0 rings (SSSR count). The molecule has 6 nitrogen and oxygen atoms in total. The van der Waals surface area contributed by atoms with Crippen molar-refractivity contribution in [2.75, 3.05) is 0 Å². The Balaban J connectivity index is 0. The summed E-state index contributed by atoms with van der Waals surface area (Å²) in [6.07, 6.45) is 17.3. The number of carbonyl (C=O) groups is 1. The summed E-state index contributed by atoms with van der Waals surface area (Å²) in [6, 6.07) is 0. The molecule has 0 radical (unpaired) electrons. The predicted molar refractivity (Wildman–Crippen MR) is 86.7 cm³/mol. The molecule has 0 atom stereocenters. The van der Waals surface area contributed by atoms with Crippen molar-refractivity contribution in [1.82, 2.24) is 0 Å². The molecule has 0 aromatic rings. The Morgan fingerprint density at radius 3 is 1.36 bits per heavy atom. The Morgan fingerprint density at radius 2 is 1.09 bits per heavy atom. The molecule has 22 heavy (non-hydrogen) atoms. The quantitative estimate of drug-likeness (QED) is 0.260. The fourth-order valence-electron chi connectivity index (χ4n) is 2.29. The van der Waals surface area contributed by atoms with E-state index in [-0.39, 0.29) is 0 Å². The summed E-state index contributed by atoms with van der Waals surface area (Å²) >= 11 is 0. The molecule has 0 amide bonds. The standard InChI is InChI=1S/C16H32O2.HNO3/c1-2-3-4-5-6-7-8-9-10-11-12-13-14-15-16(17)18;2-1(3)4/h2-15H2,1H3,(H,17,18);(H,2,3,4). The van der Waals surface area contributed by atoms with E-state index in [2.05, 4.69) is 6.92 Å². The second-order valence-electron chi connectivity index (χ2n) is 5.62. The van der Waals surface area contributed by atoms with Crippen LogP contribution in [0.3, 0.4) is 0 Å². The molecule has 132 valence electrons. The Morgan fingerprint density at radius 1 is 0.818 bits per heavy atom. The minimum Gasteiger partial charge on any atom is -0.481 e. The van der Waals surface area contributed by atoms with Crippen LogP contribution in [-0.2, 0) is 4.79 Å². The van der Waals surface area contributed by atoms with Crippen LogP contribution in [0.4, 0.5) is 0 Å². The van der Waals surface area contributed by atoms with E-state index in [0.29, 0.717) is 6.42 Å². The number of aliphatic carboxylic acids is 1. The highest BCUT2D eigenvalue weighted by Gasteiger charge is 1.96. The van der Waals surface area contributed by atoms with Gasteiger partial charge in [0.1, 0.15) is 0 Å².